The normalized spacial score (nSPS) is 14.6. The summed E-state index contributed by atoms with van der Waals surface area (Å²) in [4.78, 5) is 20.8. The van der Waals surface area contributed by atoms with Crippen LogP contribution in [0.4, 0.5) is 5.13 Å². The van der Waals surface area contributed by atoms with Crippen LogP contribution in [0.1, 0.15) is 48.7 Å². The lowest BCUT2D eigenvalue weighted by Crippen LogP contribution is -2.50. The number of amides is 1. The maximum absolute atomic E-state index is 12.8. The number of aromatic nitrogens is 2. The van der Waals surface area contributed by atoms with Crippen molar-refractivity contribution in [3.05, 3.63) is 41.2 Å². The monoisotopic (exact) mass is 470 g/mol. The topological polar surface area (TPSA) is 133 Å². The highest BCUT2D eigenvalue weighted by Crippen LogP contribution is 2.22. The van der Waals surface area contributed by atoms with Gasteiger partial charge in [0.2, 0.25) is 10.0 Å². The summed E-state index contributed by atoms with van der Waals surface area (Å²) in [6.07, 6.45) is 5.56. The number of rotatable bonds is 12. The van der Waals surface area contributed by atoms with Crippen molar-refractivity contribution in [2.75, 3.05) is 17.6 Å². The molecule has 31 heavy (non-hydrogen) atoms. The van der Waals surface area contributed by atoms with Gasteiger partial charge in [0.1, 0.15) is 11.8 Å². The molecule has 0 bridgehead atoms. The van der Waals surface area contributed by atoms with Gasteiger partial charge in [-0.15, -0.1) is 11.3 Å². The van der Waals surface area contributed by atoms with Gasteiger partial charge in [0.05, 0.1) is 18.4 Å². The van der Waals surface area contributed by atoms with Gasteiger partial charge in [-0.3, -0.25) is 9.78 Å². The number of nitrogens with zero attached hydrogens (tertiary/aromatic N) is 3. The van der Waals surface area contributed by atoms with Crippen molar-refractivity contribution in [2.45, 2.75) is 57.3 Å². The van der Waals surface area contributed by atoms with E-state index in [-0.39, 0.29) is 10.8 Å². The van der Waals surface area contributed by atoms with Gasteiger partial charge in [-0.1, -0.05) is 26.2 Å². The van der Waals surface area contributed by atoms with Gasteiger partial charge in [0.25, 0.3) is 5.91 Å². The van der Waals surface area contributed by atoms with Gasteiger partial charge >= 0.3 is 0 Å². The Morgan fingerprint density at radius 1 is 1.26 bits per heavy atom. The maximum Gasteiger partial charge on any atom is 0.271 e. The second-order valence-electron chi connectivity index (χ2n) is 7.44. The largest absolute Gasteiger partial charge is 0.390 e. The first-order chi connectivity index (χ1) is 14.6. The summed E-state index contributed by atoms with van der Waals surface area (Å²) >= 11 is 1.03. The summed E-state index contributed by atoms with van der Waals surface area (Å²) in [7, 11) is -2.14. The van der Waals surface area contributed by atoms with Gasteiger partial charge in [-0.2, -0.15) is 0 Å². The van der Waals surface area contributed by atoms with E-state index in [1.165, 1.54) is 12.4 Å². The van der Waals surface area contributed by atoms with Crippen molar-refractivity contribution in [3.8, 4) is 0 Å². The molecule has 2 aromatic heterocycles. The lowest BCUT2D eigenvalue weighted by molar-refractivity contribution is -0.00833. The van der Waals surface area contributed by atoms with Gasteiger partial charge in [-0.25, -0.2) is 17.7 Å². The number of aliphatic hydroxyl groups is 2. The molecule has 1 amide bonds. The molecule has 2 heterocycles. The van der Waals surface area contributed by atoms with Crippen LogP contribution in [-0.2, 0) is 16.4 Å². The molecule has 0 fully saturated rings. The molecule has 3 N–H and O–H groups in total. The first kappa shape index (κ1) is 25.2. The molecule has 3 unspecified atom stereocenters. The number of aliphatic hydroxyl groups excluding tert-OH is 2. The predicted octanol–water partition coefficient (Wildman–Crippen LogP) is 1.58. The Kier molecular flexibility index (Phi) is 9.35. The molecular weight excluding hydrogens is 440 g/mol. The Morgan fingerprint density at radius 2 is 1.94 bits per heavy atom. The van der Waals surface area contributed by atoms with Crippen molar-refractivity contribution < 1.29 is 23.4 Å². The second-order valence-corrected chi connectivity index (χ2v) is 10.3. The number of hydrogen-bond acceptors (Lipinski definition) is 8. The summed E-state index contributed by atoms with van der Waals surface area (Å²) in [5.41, 5.74) is 0.888. The van der Waals surface area contributed by atoms with Crippen molar-refractivity contribution in [2.24, 2.45) is 0 Å². The van der Waals surface area contributed by atoms with Crippen LogP contribution in [0.2, 0.25) is 0 Å². The first-order valence-corrected chi connectivity index (χ1v) is 12.8. The number of carbonyl (C=O) groups is 1. The van der Waals surface area contributed by atoms with Crippen LogP contribution in [0.25, 0.3) is 0 Å². The third-order valence-corrected chi connectivity index (χ3v) is 7.12. The third kappa shape index (κ3) is 7.53. The van der Waals surface area contributed by atoms with E-state index in [0.29, 0.717) is 12.8 Å². The minimum Gasteiger partial charge on any atom is -0.390 e. The average Bonchev–Trinajstić information content (AvgIpc) is 3.22. The number of pyridine rings is 1. The third-order valence-electron chi connectivity index (χ3n) is 4.92. The molecule has 0 saturated carbocycles. The standard InChI is InChI=1S/C20H30N4O5S2/c1-4-5-6-7-17(25)18(26)15(12-14-8-10-21-11-9-14)22-19(27)16-13-30-20(23-16)24(2)31(3,28)29/h8-11,13,15,17-18,25-26H,4-7,12H2,1-3H3,(H,22,27). The maximum atomic E-state index is 12.8. The lowest BCUT2D eigenvalue weighted by Gasteiger charge is -2.28. The van der Waals surface area contributed by atoms with Crippen molar-refractivity contribution in [3.63, 3.8) is 0 Å². The Bertz CT molecular complexity index is 936. The van der Waals surface area contributed by atoms with Crippen molar-refractivity contribution in [1.29, 1.82) is 0 Å². The van der Waals surface area contributed by atoms with Crippen LogP contribution in [0.15, 0.2) is 29.9 Å². The summed E-state index contributed by atoms with van der Waals surface area (Å²) < 4.78 is 24.4. The number of carbonyl (C=O) groups excluding carboxylic acids is 1. The quantitative estimate of drug-likeness (QED) is 0.401. The van der Waals surface area contributed by atoms with E-state index in [2.05, 4.69) is 22.2 Å². The molecule has 172 valence electrons. The van der Waals surface area contributed by atoms with E-state index in [1.807, 2.05) is 0 Å². The fourth-order valence-corrected chi connectivity index (χ4v) is 4.51. The van der Waals surface area contributed by atoms with Gasteiger partial charge < -0.3 is 15.5 Å². The van der Waals surface area contributed by atoms with Gasteiger partial charge in [-0.05, 0) is 30.5 Å². The highest BCUT2D eigenvalue weighted by atomic mass is 32.2. The molecule has 0 aliphatic rings. The zero-order chi connectivity index (χ0) is 23.0. The van der Waals surface area contributed by atoms with Crippen LogP contribution in [0.3, 0.4) is 0 Å². The minimum absolute atomic E-state index is 0.0444. The van der Waals surface area contributed by atoms with E-state index in [0.717, 1.165) is 46.7 Å². The Hall–Kier alpha value is -2.08. The fraction of sp³-hybridized carbons (Fsp3) is 0.550. The molecule has 2 rings (SSSR count). The molecule has 0 radical (unpaired) electrons. The number of hydrogen-bond donors (Lipinski definition) is 3. The highest BCUT2D eigenvalue weighted by Gasteiger charge is 2.29. The number of anilines is 1. The average molecular weight is 471 g/mol. The van der Waals surface area contributed by atoms with Crippen LogP contribution >= 0.6 is 11.3 Å². The van der Waals surface area contributed by atoms with Gasteiger partial charge in [0.15, 0.2) is 5.13 Å². The lowest BCUT2D eigenvalue weighted by atomic mass is 9.95. The molecular formula is C20H30N4O5S2. The molecule has 0 aliphatic carbocycles. The summed E-state index contributed by atoms with van der Waals surface area (Å²) in [5, 5.41) is 25.6. The molecule has 0 spiro atoms. The smallest absolute Gasteiger partial charge is 0.271 e. The van der Waals surface area contributed by atoms with Crippen LogP contribution in [0.5, 0.6) is 0 Å². The van der Waals surface area contributed by atoms with Crippen molar-refractivity contribution >= 4 is 32.4 Å². The second kappa shape index (κ2) is 11.5. The zero-order valence-corrected chi connectivity index (χ0v) is 19.6. The molecule has 9 nitrogen and oxygen atoms in total. The Balaban J connectivity index is 2.16. The Morgan fingerprint density at radius 3 is 2.55 bits per heavy atom. The van der Waals surface area contributed by atoms with E-state index < -0.39 is 34.2 Å². The summed E-state index contributed by atoms with van der Waals surface area (Å²) in [6.45, 7) is 2.05. The number of nitrogens with one attached hydrogen (secondary N) is 1. The van der Waals surface area contributed by atoms with E-state index in [4.69, 9.17) is 0 Å². The van der Waals surface area contributed by atoms with E-state index in [9.17, 15) is 23.4 Å². The number of thiazole rings is 1. The molecule has 2 aromatic rings. The molecule has 0 aromatic carbocycles. The number of unbranched alkanes of at least 4 members (excludes halogenated alkanes) is 2. The van der Waals surface area contributed by atoms with E-state index >= 15 is 0 Å². The minimum atomic E-state index is -3.50. The summed E-state index contributed by atoms with van der Waals surface area (Å²) in [6, 6.07) is 2.79. The van der Waals surface area contributed by atoms with Crippen LogP contribution in [0, 0.1) is 0 Å². The van der Waals surface area contributed by atoms with E-state index in [1.54, 1.807) is 24.5 Å². The fourth-order valence-electron chi connectivity index (χ4n) is 2.97. The van der Waals surface area contributed by atoms with Crippen LogP contribution in [-0.4, -0.2) is 66.1 Å². The first-order valence-electron chi connectivity index (χ1n) is 10.1. The highest BCUT2D eigenvalue weighted by molar-refractivity contribution is 7.92. The Labute approximate surface area is 187 Å². The molecule has 0 aliphatic heterocycles. The molecule has 3 atom stereocenters. The molecule has 0 saturated heterocycles. The number of sulfonamides is 1. The van der Waals surface area contributed by atoms with Crippen molar-refractivity contribution in [1.82, 2.24) is 15.3 Å². The predicted molar refractivity (Wildman–Crippen MR) is 121 cm³/mol. The SMILES string of the molecule is CCCCCC(O)C(O)C(Cc1ccncc1)NC(=O)c1csc(N(C)S(C)(=O)=O)n1. The van der Waals surface area contributed by atoms with Crippen LogP contribution < -0.4 is 9.62 Å². The summed E-state index contributed by atoms with van der Waals surface area (Å²) in [5.74, 6) is -0.553. The molecule has 11 heteroatoms. The zero-order valence-electron chi connectivity index (χ0n) is 17.9. The van der Waals surface area contributed by atoms with Gasteiger partial charge in [0, 0.05) is 24.8 Å².